The van der Waals surface area contributed by atoms with Gasteiger partial charge in [0.2, 0.25) is 10.8 Å². The number of fused-ring (bicyclic) bond motifs is 2. The summed E-state index contributed by atoms with van der Waals surface area (Å²) in [5, 5.41) is 0.575. The topological polar surface area (TPSA) is 62.3 Å². The van der Waals surface area contributed by atoms with Crippen LogP contribution in [0.15, 0.2) is 42.5 Å². The maximum atomic E-state index is 14.2. The average molecular weight is 500 g/mol. The molecule has 0 unspecified atom stereocenters. The number of carbonyl (C=O) groups excluding carboxylic acids is 2. The molecule has 2 aromatic rings. The van der Waals surface area contributed by atoms with Gasteiger partial charge in [-0.2, -0.15) is 0 Å². The number of aryl methyl sites for hydroxylation is 1. The highest BCUT2D eigenvalue weighted by molar-refractivity contribution is 8.02. The fourth-order valence-electron chi connectivity index (χ4n) is 5.44. The van der Waals surface area contributed by atoms with Crippen LogP contribution >= 0.6 is 23.4 Å². The van der Waals surface area contributed by atoms with Crippen molar-refractivity contribution in [3.05, 3.63) is 58.6 Å². The Morgan fingerprint density at radius 2 is 1.79 bits per heavy atom. The molecule has 0 saturated carbocycles. The molecule has 2 amide bonds. The van der Waals surface area contributed by atoms with Gasteiger partial charge in [0.05, 0.1) is 31.3 Å². The van der Waals surface area contributed by atoms with Crippen molar-refractivity contribution in [1.29, 1.82) is 0 Å². The number of piperidine rings is 1. The molecule has 0 N–H and O–H groups in total. The summed E-state index contributed by atoms with van der Waals surface area (Å²) in [6, 6.07) is 13.4. The molecule has 0 aromatic heterocycles. The molecule has 0 radical (unpaired) electrons. The predicted molar refractivity (Wildman–Crippen MR) is 132 cm³/mol. The molecule has 3 fully saturated rings. The van der Waals surface area contributed by atoms with Gasteiger partial charge in [0, 0.05) is 42.2 Å². The standard InChI is InChI=1S/C25H26ClN3O4S/c1-17-6-7-18(14-20(17)26)29-22(30)15-34-25(29)19-4-2-3-5-21(19)28(23(25)31)16-27-10-8-24(9-11-27)32-12-13-33-24/h2-7,14H,8-13,15-16H2,1H3/t25-/m1/s1. The van der Waals surface area contributed by atoms with Crippen molar-refractivity contribution in [2.45, 2.75) is 30.4 Å². The molecule has 0 bridgehead atoms. The lowest BCUT2D eigenvalue weighted by Crippen LogP contribution is -2.53. The molecule has 2 spiro atoms. The van der Waals surface area contributed by atoms with E-state index in [-0.39, 0.29) is 17.6 Å². The summed E-state index contributed by atoms with van der Waals surface area (Å²) in [6.45, 7) is 5.23. The molecule has 4 aliphatic heterocycles. The minimum absolute atomic E-state index is 0.0881. The van der Waals surface area contributed by atoms with Crippen molar-refractivity contribution >= 4 is 46.6 Å². The van der Waals surface area contributed by atoms with Crippen LogP contribution in [0.25, 0.3) is 0 Å². The van der Waals surface area contributed by atoms with Crippen LogP contribution in [-0.2, 0) is 23.9 Å². The number of benzene rings is 2. The Balaban J connectivity index is 1.34. The number of para-hydroxylation sites is 1. The number of carbonyl (C=O) groups is 2. The van der Waals surface area contributed by atoms with E-state index in [0.29, 0.717) is 30.6 Å². The van der Waals surface area contributed by atoms with Gasteiger partial charge in [-0.25, -0.2) is 0 Å². The number of hydrogen-bond donors (Lipinski definition) is 0. The number of nitrogens with zero attached hydrogens (tertiary/aromatic N) is 3. The maximum Gasteiger partial charge on any atom is 0.269 e. The SMILES string of the molecule is Cc1ccc(N2C(=O)CS[C@]23C(=O)N(CN2CCC4(CC2)OCCO4)c2ccccc23)cc1Cl. The minimum atomic E-state index is -1.12. The first kappa shape index (κ1) is 22.4. The zero-order chi connectivity index (χ0) is 23.5. The zero-order valence-electron chi connectivity index (χ0n) is 19.0. The Morgan fingerprint density at radius 3 is 2.53 bits per heavy atom. The van der Waals surface area contributed by atoms with Crippen molar-refractivity contribution in [1.82, 2.24) is 4.90 Å². The molecule has 9 heteroatoms. The van der Waals surface area contributed by atoms with Crippen LogP contribution in [0.1, 0.15) is 24.0 Å². The van der Waals surface area contributed by atoms with E-state index in [2.05, 4.69) is 4.90 Å². The van der Waals surface area contributed by atoms with Crippen LogP contribution in [-0.4, -0.2) is 61.2 Å². The number of anilines is 2. The number of likely N-dealkylation sites (tertiary alicyclic amines) is 1. The predicted octanol–water partition coefficient (Wildman–Crippen LogP) is 3.72. The lowest BCUT2D eigenvalue weighted by atomic mass is 10.0. The first-order valence-corrected chi connectivity index (χ1v) is 12.9. The van der Waals surface area contributed by atoms with E-state index in [9.17, 15) is 9.59 Å². The molecule has 2 aromatic carbocycles. The zero-order valence-corrected chi connectivity index (χ0v) is 20.5. The Labute approximate surface area is 207 Å². The fourth-order valence-corrected chi connectivity index (χ4v) is 6.97. The maximum absolute atomic E-state index is 14.2. The highest BCUT2D eigenvalue weighted by Crippen LogP contribution is 2.56. The van der Waals surface area contributed by atoms with E-state index < -0.39 is 10.7 Å². The second kappa shape index (κ2) is 8.24. The van der Waals surface area contributed by atoms with Crippen molar-refractivity contribution in [2.24, 2.45) is 0 Å². The molecule has 1 atom stereocenters. The average Bonchev–Trinajstić information content (AvgIpc) is 3.51. The first-order valence-electron chi connectivity index (χ1n) is 11.6. The van der Waals surface area contributed by atoms with Crippen LogP contribution in [0, 0.1) is 6.92 Å². The van der Waals surface area contributed by atoms with Crippen molar-refractivity contribution in [3.8, 4) is 0 Å². The van der Waals surface area contributed by atoms with Crippen LogP contribution < -0.4 is 9.80 Å². The Bertz CT molecular complexity index is 1160. The molecule has 4 heterocycles. The van der Waals surface area contributed by atoms with Gasteiger partial charge in [0.1, 0.15) is 0 Å². The quantitative estimate of drug-likeness (QED) is 0.641. The number of rotatable bonds is 3. The molecule has 7 nitrogen and oxygen atoms in total. The normalized spacial score (nSPS) is 26.3. The van der Waals surface area contributed by atoms with Gasteiger partial charge in [-0.3, -0.25) is 24.3 Å². The van der Waals surface area contributed by atoms with E-state index >= 15 is 0 Å². The van der Waals surface area contributed by atoms with Crippen molar-refractivity contribution in [3.63, 3.8) is 0 Å². The molecule has 0 aliphatic carbocycles. The Hall–Kier alpha value is -2.10. The number of thioether (sulfide) groups is 1. The minimum Gasteiger partial charge on any atom is -0.347 e. The smallest absolute Gasteiger partial charge is 0.269 e. The van der Waals surface area contributed by atoms with Gasteiger partial charge in [-0.1, -0.05) is 35.9 Å². The third-order valence-electron chi connectivity index (χ3n) is 7.25. The van der Waals surface area contributed by atoms with E-state index in [0.717, 1.165) is 42.7 Å². The Kier molecular flexibility index (Phi) is 5.42. The second-order valence-electron chi connectivity index (χ2n) is 9.21. The highest BCUT2D eigenvalue weighted by atomic mass is 35.5. The van der Waals surface area contributed by atoms with Crippen molar-refractivity contribution in [2.75, 3.05) is 48.5 Å². The highest BCUT2D eigenvalue weighted by Gasteiger charge is 2.61. The monoisotopic (exact) mass is 499 g/mol. The number of hydrogen-bond acceptors (Lipinski definition) is 6. The lowest BCUT2D eigenvalue weighted by molar-refractivity contribution is -0.185. The summed E-state index contributed by atoms with van der Waals surface area (Å²) < 4.78 is 11.7. The van der Waals surface area contributed by atoms with E-state index in [1.807, 2.05) is 48.2 Å². The Morgan fingerprint density at radius 1 is 1.06 bits per heavy atom. The fraction of sp³-hybridized carbons (Fsp3) is 0.440. The van der Waals surface area contributed by atoms with E-state index in [1.54, 1.807) is 11.0 Å². The van der Waals surface area contributed by atoms with Gasteiger partial charge in [0.25, 0.3) is 5.91 Å². The summed E-state index contributed by atoms with van der Waals surface area (Å²) in [5.41, 5.74) is 3.28. The van der Waals surface area contributed by atoms with Crippen LogP contribution in [0.4, 0.5) is 11.4 Å². The third kappa shape index (κ3) is 3.31. The van der Waals surface area contributed by atoms with Gasteiger partial charge < -0.3 is 9.47 Å². The van der Waals surface area contributed by atoms with Gasteiger partial charge in [0.15, 0.2) is 5.79 Å². The van der Waals surface area contributed by atoms with Gasteiger partial charge in [-0.05, 0) is 30.7 Å². The number of amides is 2. The molecular formula is C25H26ClN3O4S. The van der Waals surface area contributed by atoms with Crippen molar-refractivity contribution < 1.29 is 19.1 Å². The summed E-state index contributed by atoms with van der Waals surface area (Å²) in [7, 11) is 0. The molecular weight excluding hydrogens is 474 g/mol. The summed E-state index contributed by atoms with van der Waals surface area (Å²) in [6.07, 6.45) is 1.56. The largest absolute Gasteiger partial charge is 0.347 e. The van der Waals surface area contributed by atoms with Crippen LogP contribution in [0.5, 0.6) is 0 Å². The second-order valence-corrected chi connectivity index (χ2v) is 10.8. The van der Waals surface area contributed by atoms with Crippen LogP contribution in [0.2, 0.25) is 5.02 Å². The van der Waals surface area contributed by atoms with Crippen LogP contribution in [0.3, 0.4) is 0 Å². The molecule has 3 saturated heterocycles. The molecule has 178 valence electrons. The van der Waals surface area contributed by atoms with E-state index in [1.165, 1.54) is 11.8 Å². The van der Waals surface area contributed by atoms with Gasteiger partial charge in [-0.15, -0.1) is 11.8 Å². The van der Waals surface area contributed by atoms with E-state index in [4.69, 9.17) is 21.1 Å². The summed E-state index contributed by atoms with van der Waals surface area (Å²) in [4.78, 5) is 32.0. The summed E-state index contributed by atoms with van der Waals surface area (Å²) in [5.74, 6) is -0.402. The van der Waals surface area contributed by atoms with Gasteiger partial charge >= 0.3 is 0 Å². The summed E-state index contributed by atoms with van der Waals surface area (Å²) >= 11 is 7.80. The number of ether oxygens (including phenoxy) is 2. The molecule has 34 heavy (non-hydrogen) atoms. The molecule has 4 aliphatic rings. The lowest BCUT2D eigenvalue weighted by Gasteiger charge is -2.39. The number of halogens is 1. The first-order chi connectivity index (χ1) is 16.4. The molecule has 6 rings (SSSR count). The third-order valence-corrected chi connectivity index (χ3v) is 9.04.